The van der Waals surface area contributed by atoms with Gasteiger partial charge in [0.15, 0.2) is 0 Å². The van der Waals surface area contributed by atoms with E-state index >= 15 is 0 Å². The van der Waals surface area contributed by atoms with Gasteiger partial charge in [0, 0.05) is 17.1 Å². The molecule has 5 heteroatoms. The van der Waals surface area contributed by atoms with Gasteiger partial charge in [-0.15, -0.1) is 0 Å². The molecule has 0 aliphatic carbocycles. The maximum Gasteiger partial charge on any atom is 0.323 e. The highest BCUT2D eigenvalue weighted by molar-refractivity contribution is 7.79. The summed E-state index contributed by atoms with van der Waals surface area (Å²) in [5.41, 5.74) is 4.81. The first-order valence-corrected chi connectivity index (χ1v) is 8.00. The molecule has 0 saturated carbocycles. The highest BCUT2D eigenvalue weighted by atomic mass is 32.1. The lowest BCUT2D eigenvalue weighted by Crippen LogP contribution is -2.19. The largest absolute Gasteiger partial charge is 0.352 e. The topological polar surface area (TPSA) is 53.2 Å². The van der Waals surface area contributed by atoms with Gasteiger partial charge in [0.05, 0.1) is 5.49 Å². The molecule has 0 atom stereocenters. The second-order valence-electron chi connectivity index (χ2n) is 5.43. The van der Waals surface area contributed by atoms with Crippen LogP contribution in [0.5, 0.6) is 0 Å². The van der Waals surface area contributed by atoms with Crippen LogP contribution in [0.3, 0.4) is 0 Å². The Bertz CT molecular complexity index is 908. The molecule has 0 fully saturated rings. The van der Waals surface area contributed by atoms with Gasteiger partial charge in [0.1, 0.15) is 0 Å². The molecule has 3 N–H and O–H groups in total. The summed E-state index contributed by atoms with van der Waals surface area (Å²) in [6.45, 7) is 1.97. The summed E-state index contributed by atoms with van der Waals surface area (Å²) < 4.78 is 0. The van der Waals surface area contributed by atoms with Gasteiger partial charge >= 0.3 is 6.03 Å². The fraction of sp³-hybridized carbons (Fsp3) is 0.0526. The molecule has 0 aliphatic rings. The van der Waals surface area contributed by atoms with Gasteiger partial charge in [0.25, 0.3) is 0 Å². The number of anilines is 3. The Hall–Kier alpha value is -2.92. The Morgan fingerprint density at radius 2 is 1.58 bits per heavy atom. The lowest BCUT2D eigenvalue weighted by Gasteiger charge is -2.11. The van der Waals surface area contributed by atoms with Gasteiger partial charge in [-0.05, 0) is 47.5 Å². The van der Waals surface area contributed by atoms with Crippen LogP contribution in [0.1, 0.15) is 5.56 Å². The van der Waals surface area contributed by atoms with Crippen molar-refractivity contribution in [3.63, 3.8) is 0 Å². The molecule has 3 aromatic carbocycles. The predicted molar refractivity (Wildman–Crippen MR) is 105 cm³/mol. The second-order valence-corrected chi connectivity index (χ2v) is 5.67. The minimum atomic E-state index is -0.289. The Kier molecular flexibility index (Phi) is 4.72. The van der Waals surface area contributed by atoms with E-state index in [0.29, 0.717) is 5.69 Å². The van der Waals surface area contributed by atoms with Gasteiger partial charge in [-0.1, -0.05) is 48.6 Å². The van der Waals surface area contributed by atoms with Gasteiger partial charge < -0.3 is 16.0 Å². The van der Waals surface area contributed by atoms with E-state index in [-0.39, 0.29) is 6.03 Å². The number of aryl methyl sites for hydroxylation is 1. The van der Waals surface area contributed by atoms with Crippen LogP contribution in [-0.2, 0) is 0 Å². The van der Waals surface area contributed by atoms with Gasteiger partial charge in [-0.3, -0.25) is 0 Å². The lowest BCUT2D eigenvalue weighted by atomic mass is 10.1. The van der Waals surface area contributed by atoms with Crippen molar-refractivity contribution in [2.24, 2.45) is 0 Å². The summed E-state index contributed by atoms with van der Waals surface area (Å²) in [5, 5.41) is 10.9. The first-order chi connectivity index (χ1) is 11.7. The molecular weight excluding hydrogens is 318 g/mol. The summed E-state index contributed by atoms with van der Waals surface area (Å²) in [7, 11) is 0. The van der Waals surface area contributed by atoms with Crippen molar-refractivity contribution in [2.45, 2.75) is 6.92 Å². The Morgan fingerprint density at radius 3 is 2.33 bits per heavy atom. The molecule has 120 valence electrons. The van der Waals surface area contributed by atoms with Crippen LogP contribution in [0.2, 0.25) is 0 Å². The number of amides is 2. The van der Waals surface area contributed by atoms with E-state index in [2.05, 4.69) is 16.0 Å². The highest BCUT2D eigenvalue weighted by Gasteiger charge is 2.05. The van der Waals surface area contributed by atoms with Gasteiger partial charge in [0.2, 0.25) is 0 Å². The van der Waals surface area contributed by atoms with Crippen molar-refractivity contribution in [3.8, 4) is 0 Å². The Labute approximate surface area is 145 Å². The van der Waals surface area contributed by atoms with E-state index < -0.39 is 0 Å². The molecule has 3 aromatic rings. The molecule has 0 aromatic heterocycles. The smallest absolute Gasteiger partial charge is 0.323 e. The lowest BCUT2D eigenvalue weighted by molar-refractivity contribution is 0.262. The predicted octanol–water partition coefficient (Wildman–Crippen LogP) is 5.16. The minimum absolute atomic E-state index is 0.289. The molecule has 0 aliphatic heterocycles. The molecule has 0 spiro atoms. The third-order valence-corrected chi connectivity index (χ3v) is 3.84. The van der Waals surface area contributed by atoms with E-state index in [1.807, 2.05) is 67.6 Å². The summed E-state index contributed by atoms with van der Waals surface area (Å²) >= 11 is 4.81. The Balaban J connectivity index is 1.72. The number of fused-ring (bicyclic) bond motifs is 1. The minimum Gasteiger partial charge on any atom is -0.352 e. The summed E-state index contributed by atoms with van der Waals surface area (Å²) in [6, 6.07) is 19.2. The highest BCUT2D eigenvalue weighted by Crippen LogP contribution is 2.21. The van der Waals surface area contributed by atoms with Crippen LogP contribution in [0.25, 0.3) is 10.8 Å². The van der Waals surface area contributed by atoms with Crippen LogP contribution in [0, 0.1) is 6.92 Å². The molecular formula is C19H17N3OS. The third-order valence-electron chi connectivity index (χ3n) is 3.72. The number of carbonyl (C=O) groups is 1. The zero-order chi connectivity index (χ0) is 16.9. The molecule has 0 saturated heterocycles. The molecule has 4 nitrogen and oxygen atoms in total. The van der Waals surface area contributed by atoms with E-state index in [0.717, 1.165) is 27.7 Å². The monoisotopic (exact) mass is 335 g/mol. The van der Waals surface area contributed by atoms with Crippen molar-refractivity contribution in [1.29, 1.82) is 0 Å². The number of hydrogen-bond donors (Lipinski definition) is 3. The van der Waals surface area contributed by atoms with Crippen LogP contribution in [0.15, 0.2) is 60.7 Å². The number of nitrogens with one attached hydrogen (secondary N) is 3. The summed E-state index contributed by atoms with van der Waals surface area (Å²) in [4.78, 5) is 12.2. The number of carbonyl (C=O) groups excluding carboxylic acids is 1. The molecule has 24 heavy (non-hydrogen) atoms. The SMILES string of the molecule is Cc1ccc(NC(=O)Nc2ccc3ccccc3c2)cc1NC=S. The first kappa shape index (κ1) is 16.0. The van der Waals surface area contributed by atoms with Crippen molar-refractivity contribution < 1.29 is 4.79 Å². The molecule has 0 bridgehead atoms. The number of rotatable bonds is 4. The van der Waals surface area contributed by atoms with E-state index in [4.69, 9.17) is 12.2 Å². The average Bonchev–Trinajstić information content (AvgIpc) is 2.58. The summed E-state index contributed by atoms with van der Waals surface area (Å²) in [5.74, 6) is 0. The van der Waals surface area contributed by atoms with Crippen LogP contribution < -0.4 is 16.0 Å². The maximum atomic E-state index is 12.2. The maximum absolute atomic E-state index is 12.2. The first-order valence-electron chi connectivity index (χ1n) is 7.53. The molecule has 0 heterocycles. The second kappa shape index (κ2) is 7.10. The van der Waals surface area contributed by atoms with Gasteiger partial charge in [-0.25, -0.2) is 4.79 Å². The normalized spacial score (nSPS) is 10.2. The standard InChI is InChI=1S/C19H17N3OS/c1-13-6-8-17(11-18(13)20-12-24)22-19(23)21-16-9-7-14-4-2-3-5-15(14)10-16/h2-12H,1H3,(H,20,24)(H2,21,22,23). The number of benzene rings is 3. The van der Waals surface area contributed by atoms with E-state index in [9.17, 15) is 4.79 Å². The molecule has 3 rings (SSSR count). The van der Waals surface area contributed by atoms with Gasteiger partial charge in [-0.2, -0.15) is 0 Å². The van der Waals surface area contributed by atoms with Crippen molar-refractivity contribution in [2.75, 3.05) is 16.0 Å². The zero-order valence-corrected chi connectivity index (χ0v) is 14.0. The van der Waals surface area contributed by atoms with Crippen LogP contribution in [-0.4, -0.2) is 11.5 Å². The number of thiocarbonyl (C=S) groups is 1. The third kappa shape index (κ3) is 3.70. The Morgan fingerprint density at radius 1 is 0.917 bits per heavy atom. The molecule has 0 radical (unpaired) electrons. The van der Waals surface area contributed by atoms with Crippen LogP contribution >= 0.6 is 12.2 Å². The summed E-state index contributed by atoms with van der Waals surface area (Å²) in [6.07, 6.45) is 0. The van der Waals surface area contributed by atoms with Crippen molar-refractivity contribution >= 4 is 51.6 Å². The zero-order valence-electron chi connectivity index (χ0n) is 13.2. The molecule has 0 unspecified atom stereocenters. The van der Waals surface area contributed by atoms with Crippen molar-refractivity contribution in [3.05, 3.63) is 66.2 Å². The number of urea groups is 1. The average molecular weight is 335 g/mol. The quantitative estimate of drug-likeness (QED) is 0.577. The van der Waals surface area contributed by atoms with E-state index in [1.54, 1.807) is 0 Å². The van der Waals surface area contributed by atoms with Crippen LogP contribution in [0.4, 0.5) is 21.9 Å². The van der Waals surface area contributed by atoms with E-state index in [1.165, 1.54) is 5.49 Å². The fourth-order valence-electron chi connectivity index (χ4n) is 2.48. The van der Waals surface area contributed by atoms with Crippen molar-refractivity contribution in [1.82, 2.24) is 0 Å². The fourth-order valence-corrected chi connectivity index (χ4v) is 2.61. The number of hydrogen-bond acceptors (Lipinski definition) is 2. The molecule has 2 amide bonds.